The molecule has 0 aliphatic carbocycles. The van der Waals surface area contributed by atoms with E-state index >= 15 is 0 Å². The van der Waals surface area contributed by atoms with E-state index in [4.69, 9.17) is 11.6 Å². The van der Waals surface area contributed by atoms with Crippen molar-refractivity contribution in [1.82, 2.24) is 9.97 Å². The fourth-order valence-corrected chi connectivity index (χ4v) is 2.94. The van der Waals surface area contributed by atoms with E-state index in [2.05, 4.69) is 15.3 Å². The Morgan fingerprint density at radius 1 is 0.786 bits per heavy atom. The van der Waals surface area contributed by atoms with Gasteiger partial charge < -0.3 is 5.32 Å². The Morgan fingerprint density at radius 3 is 2.21 bits per heavy atom. The molecule has 3 nitrogen and oxygen atoms in total. The van der Waals surface area contributed by atoms with Gasteiger partial charge in [-0.25, -0.2) is 14.4 Å². The summed E-state index contributed by atoms with van der Waals surface area (Å²) in [5, 5.41) is 4.05. The molecule has 28 heavy (non-hydrogen) atoms. The van der Waals surface area contributed by atoms with Crippen LogP contribution < -0.4 is 5.32 Å². The first-order valence-electron chi connectivity index (χ1n) is 8.86. The van der Waals surface area contributed by atoms with Gasteiger partial charge in [0, 0.05) is 28.8 Å². The topological polar surface area (TPSA) is 37.8 Å². The van der Waals surface area contributed by atoms with Crippen molar-refractivity contribution >= 4 is 17.4 Å². The number of hydrogen-bond acceptors (Lipinski definition) is 3. The second-order valence-electron chi connectivity index (χ2n) is 6.31. The van der Waals surface area contributed by atoms with Crippen LogP contribution in [0.5, 0.6) is 0 Å². The number of nitrogens with zero attached hydrogens (tertiary/aromatic N) is 2. The lowest BCUT2D eigenvalue weighted by Gasteiger charge is -2.11. The van der Waals surface area contributed by atoms with E-state index < -0.39 is 0 Å². The summed E-state index contributed by atoms with van der Waals surface area (Å²) in [6.07, 6.45) is 0. The third-order valence-electron chi connectivity index (χ3n) is 4.29. The molecule has 1 aromatic heterocycles. The second kappa shape index (κ2) is 8.19. The summed E-state index contributed by atoms with van der Waals surface area (Å²) in [6, 6.07) is 25.6. The Kier molecular flexibility index (Phi) is 5.31. The van der Waals surface area contributed by atoms with Gasteiger partial charge in [0.05, 0.1) is 5.69 Å². The normalized spacial score (nSPS) is 10.6. The molecule has 0 atom stereocenters. The van der Waals surface area contributed by atoms with E-state index in [0.717, 1.165) is 22.4 Å². The van der Waals surface area contributed by atoms with Gasteiger partial charge in [0.2, 0.25) is 0 Å². The quantitative estimate of drug-likeness (QED) is 0.440. The molecule has 1 N–H and O–H groups in total. The maximum Gasteiger partial charge on any atom is 0.162 e. The van der Waals surface area contributed by atoms with E-state index in [-0.39, 0.29) is 5.82 Å². The molecule has 3 aromatic carbocycles. The summed E-state index contributed by atoms with van der Waals surface area (Å²) >= 11 is 5.95. The molecule has 0 spiro atoms. The Hall–Kier alpha value is -3.24. The van der Waals surface area contributed by atoms with Crippen molar-refractivity contribution in [3.8, 4) is 22.6 Å². The first-order valence-corrected chi connectivity index (χ1v) is 9.24. The Labute approximate surface area is 167 Å². The van der Waals surface area contributed by atoms with E-state index in [1.807, 2.05) is 60.7 Å². The van der Waals surface area contributed by atoms with E-state index in [0.29, 0.717) is 23.2 Å². The molecule has 0 aliphatic heterocycles. The molecule has 1 heterocycles. The molecule has 0 fully saturated rings. The minimum atomic E-state index is -0.276. The highest BCUT2D eigenvalue weighted by atomic mass is 35.5. The zero-order valence-corrected chi connectivity index (χ0v) is 15.7. The molecule has 0 saturated carbocycles. The molecule has 0 bridgehead atoms. The molecule has 5 heteroatoms. The lowest BCUT2D eigenvalue weighted by Crippen LogP contribution is -2.04. The standard InChI is InChI=1S/C23H17ClFN3/c24-19-10-6-16(7-11-19)15-26-22-14-21(17-8-12-20(25)13-9-17)27-23(28-22)18-4-2-1-3-5-18/h1-14H,15H2,(H,26,27,28). The van der Waals surface area contributed by atoms with Crippen LogP contribution >= 0.6 is 11.6 Å². The van der Waals surface area contributed by atoms with Gasteiger partial charge in [0.1, 0.15) is 11.6 Å². The monoisotopic (exact) mass is 389 g/mol. The third-order valence-corrected chi connectivity index (χ3v) is 4.54. The molecule has 0 amide bonds. The first kappa shape index (κ1) is 18.1. The first-order chi connectivity index (χ1) is 13.7. The van der Waals surface area contributed by atoms with Crippen molar-refractivity contribution in [3.05, 3.63) is 101 Å². The molecule has 0 aliphatic rings. The fraction of sp³-hybridized carbons (Fsp3) is 0.0435. The maximum atomic E-state index is 13.3. The molecule has 0 radical (unpaired) electrons. The number of halogens is 2. The van der Waals surface area contributed by atoms with Crippen molar-refractivity contribution in [3.63, 3.8) is 0 Å². The number of rotatable bonds is 5. The number of aromatic nitrogens is 2. The highest BCUT2D eigenvalue weighted by molar-refractivity contribution is 6.30. The van der Waals surface area contributed by atoms with Crippen molar-refractivity contribution in [1.29, 1.82) is 0 Å². The number of anilines is 1. The average molecular weight is 390 g/mol. The van der Waals surface area contributed by atoms with Crippen molar-refractivity contribution in [2.75, 3.05) is 5.32 Å². The van der Waals surface area contributed by atoms with Gasteiger partial charge in [-0.05, 0) is 42.0 Å². The third kappa shape index (κ3) is 4.35. The minimum Gasteiger partial charge on any atom is -0.366 e. The number of hydrogen-bond donors (Lipinski definition) is 1. The second-order valence-corrected chi connectivity index (χ2v) is 6.75. The van der Waals surface area contributed by atoms with Gasteiger partial charge in [-0.1, -0.05) is 54.1 Å². The van der Waals surface area contributed by atoms with Crippen molar-refractivity contribution < 1.29 is 4.39 Å². The Balaban J connectivity index is 1.69. The van der Waals surface area contributed by atoms with Gasteiger partial charge >= 0.3 is 0 Å². The Morgan fingerprint density at radius 2 is 1.50 bits per heavy atom. The van der Waals surface area contributed by atoms with Crippen LogP contribution in [0.15, 0.2) is 84.9 Å². The zero-order chi connectivity index (χ0) is 19.3. The molecule has 0 saturated heterocycles. The van der Waals surface area contributed by atoms with Crippen LogP contribution in [0.3, 0.4) is 0 Å². The van der Waals surface area contributed by atoms with Crippen LogP contribution in [0.4, 0.5) is 10.2 Å². The lowest BCUT2D eigenvalue weighted by atomic mass is 10.1. The number of nitrogens with one attached hydrogen (secondary N) is 1. The molecule has 4 aromatic rings. The van der Waals surface area contributed by atoms with Gasteiger partial charge in [-0.15, -0.1) is 0 Å². The van der Waals surface area contributed by atoms with Crippen LogP contribution in [0.1, 0.15) is 5.56 Å². The minimum absolute atomic E-state index is 0.276. The molecule has 138 valence electrons. The van der Waals surface area contributed by atoms with Crippen molar-refractivity contribution in [2.24, 2.45) is 0 Å². The highest BCUT2D eigenvalue weighted by Crippen LogP contribution is 2.25. The SMILES string of the molecule is Fc1ccc(-c2cc(NCc3ccc(Cl)cc3)nc(-c3ccccc3)n2)cc1. The summed E-state index contributed by atoms with van der Waals surface area (Å²) in [6.45, 7) is 0.602. The van der Waals surface area contributed by atoms with Crippen LogP contribution in [-0.2, 0) is 6.54 Å². The summed E-state index contributed by atoms with van der Waals surface area (Å²) in [5.74, 6) is 1.03. The predicted molar refractivity (Wildman–Crippen MR) is 112 cm³/mol. The molecular weight excluding hydrogens is 373 g/mol. The average Bonchev–Trinajstić information content (AvgIpc) is 2.74. The Bertz CT molecular complexity index is 1070. The van der Waals surface area contributed by atoms with Gasteiger partial charge in [0.15, 0.2) is 5.82 Å². The van der Waals surface area contributed by atoms with Crippen LogP contribution in [0.2, 0.25) is 5.02 Å². The molecule has 0 unspecified atom stereocenters. The molecule has 4 rings (SSSR count). The van der Waals surface area contributed by atoms with Crippen LogP contribution in [0.25, 0.3) is 22.6 Å². The lowest BCUT2D eigenvalue weighted by molar-refractivity contribution is 0.628. The summed E-state index contributed by atoms with van der Waals surface area (Å²) < 4.78 is 13.3. The van der Waals surface area contributed by atoms with E-state index in [1.165, 1.54) is 12.1 Å². The maximum absolute atomic E-state index is 13.3. The van der Waals surface area contributed by atoms with Gasteiger partial charge in [-0.3, -0.25) is 0 Å². The largest absolute Gasteiger partial charge is 0.366 e. The molecular formula is C23H17ClFN3. The highest BCUT2D eigenvalue weighted by Gasteiger charge is 2.09. The van der Waals surface area contributed by atoms with Gasteiger partial charge in [-0.2, -0.15) is 0 Å². The van der Waals surface area contributed by atoms with E-state index in [9.17, 15) is 4.39 Å². The van der Waals surface area contributed by atoms with Gasteiger partial charge in [0.25, 0.3) is 0 Å². The van der Waals surface area contributed by atoms with Crippen LogP contribution in [-0.4, -0.2) is 9.97 Å². The fourth-order valence-electron chi connectivity index (χ4n) is 2.82. The predicted octanol–water partition coefficient (Wildman–Crippen LogP) is 6.22. The summed E-state index contributed by atoms with van der Waals surface area (Å²) in [5.41, 5.74) is 3.57. The van der Waals surface area contributed by atoms with E-state index in [1.54, 1.807) is 12.1 Å². The summed E-state index contributed by atoms with van der Waals surface area (Å²) in [7, 11) is 0. The van der Waals surface area contributed by atoms with Crippen molar-refractivity contribution in [2.45, 2.75) is 6.54 Å². The smallest absolute Gasteiger partial charge is 0.162 e. The zero-order valence-electron chi connectivity index (χ0n) is 14.9. The number of benzene rings is 3. The van der Waals surface area contributed by atoms with Crippen LogP contribution in [0, 0.1) is 5.82 Å². The summed E-state index contributed by atoms with van der Waals surface area (Å²) in [4.78, 5) is 9.34.